The van der Waals surface area contributed by atoms with Crippen LogP contribution in [0.15, 0.2) is 24.5 Å². The lowest BCUT2D eigenvalue weighted by Gasteiger charge is -2.46. The van der Waals surface area contributed by atoms with E-state index in [0.717, 1.165) is 22.9 Å². The van der Waals surface area contributed by atoms with Crippen LogP contribution >= 0.6 is 0 Å². The Kier molecular flexibility index (Phi) is 3.72. The third kappa shape index (κ3) is 2.51. The highest BCUT2D eigenvalue weighted by atomic mass is 16.2. The average Bonchev–Trinajstić information content (AvgIpc) is 2.46. The topological polar surface area (TPSA) is 58.1 Å². The predicted molar refractivity (Wildman–Crippen MR) is 87.7 cm³/mol. The van der Waals surface area contributed by atoms with Crippen molar-refractivity contribution in [3.05, 3.63) is 30.1 Å². The number of hydrogen-bond donors (Lipinski definition) is 1. The third-order valence-corrected chi connectivity index (χ3v) is 4.40. The van der Waals surface area contributed by atoms with Gasteiger partial charge in [0.1, 0.15) is 18.2 Å². The predicted octanol–water partition coefficient (Wildman–Crippen LogP) is 2.75. The van der Waals surface area contributed by atoms with Gasteiger partial charge in [-0.25, -0.2) is 9.97 Å². The van der Waals surface area contributed by atoms with E-state index in [1.54, 1.807) is 0 Å². The summed E-state index contributed by atoms with van der Waals surface area (Å²) >= 11 is 0. The molecule has 0 bridgehead atoms. The summed E-state index contributed by atoms with van der Waals surface area (Å²) in [4.78, 5) is 23.1. The lowest BCUT2D eigenvalue weighted by atomic mass is 9.94. The Balaban J connectivity index is 1.82. The van der Waals surface area contributed by atoms with Gasteiger partial charge in [-0.1, -0.05) is 6.07 Å². The SMILES string of the molecule is Cc1ccc2c(N[C@H](C)C(=O)N3[C@H](C)C[C@@H]3C)ncnc2c1. The monoisotopic (exact) mass is 298 g/mol. The van der Waals surface area contributed by atoms with Crippen LogP contribution in [0.2, 0.25) is 0 Å². The number of likely N-dealkylation sites (tertiary alicyclic amines) is 1. The smallest absolute Gasteiger partial charge is 0.245 e. The average molecular weight is 298 g/mol. The van der Waals surface area contributed by atoms with Crippen molar-refractivity contribution >= 4 is 22.6 Å². The normalized spacial score (nSPS) is 22.3. The summed E-state index contributed by atoms with van der Waals surface area (Å²) in [7, 11) is 0. The van der Waals surface area contributed by atoms with Crippen LogP contribution in [0.25, 0.3) is 10.9 Å². The number of carbonyl (C=O) groups is 1. The Morgan fingerprint density at radius 3 is 2.73 bits per heavy atom. The number of hydrogen-bond acceptors (Lipinski definition) is 4. The summed E-state index contributed by atoms with van der Waals surface area (Å²) in [6.45, 7) is 8.11. The fraction of sp³-hybridized carbons (Fsp3) is 0.471. The molecule has 0 saturated carbocycles. The Labute approximate surface area is 130 Å². The fourth-order valence-corrected chi connectivity index (χ4v) is 3.22. The minimum atomic E-state index is -0.301. The standard InChI is InChI=1S/C17H22N4O/c1-10-5-6-14-15(7-10)18-9-19-16(14)20-13(4)17(22)21-11(2)8-12(21)3/h5-7,9,11-13H,8H2,1-4H3,(H,18,19,20)/t11-,12+,13-/m1/s1. The highest BCUT2D eigenvalue weighted by Gasteiger charge is 2.37. The van der Waals surface area contributed by atoms with Gasteiger partial charge in [0.15, 0.2) is 0 Å². The highest BCUT2D eigenvalue weighted by molar-refractivity contribution is 5.92. The van der Waals surface area contributed by atoms with E-state index in [1.165, 1.54) is 6.33 Å². The van der Waals surface area contributed by atoms with Gasteiger partial charge in [-0.3, -0.25) is 4.79 Å². The zero-order chi connectivity index (χ0) is 15.9. The molecule has 0 radical (unpaired) electrons. The first kappa shape index (κ1) is 14.8. The Bertz CT molecular complexity index is 707. The number of nitrogens with zero attached hydrogens (tertiary/aromatic N) is 3. The molecule has 1 aliphatic rings. The van der Waals surface area contributed by atoms with Crippen LogP contribution < -0.4 is 5.32 Å². The molecule has 1 aromatic carbocycles. The van der Waals surface area contributed by atoms with Crippen molar-refractivity contribution in [3.8, 4) is 0 Å². The number of anilines is 1. The number of carbonyl (C=O) groups excluding carboxylic acids is 1. The zero-order valence-corrected chi connectivity index (χ0v) is 13.5. The van der Waals surface area contributed by atoms with E-state index in [1.807, 2.05) is 36.9 Å². The molecule has 1 aromatic heterocycles. The molecule has 0 spiro atoms. The maximum atomic E-state index is 12.6. The van der Waals surface area contributed by atoms with Crippen molar-refractivity contribution in [2.75, 3.05) is 5.32 Å². The second kappa shape index (κ2) is 5.55. The van der Waals surface area contributed by atoms with E-state index in [2.05, 4.69) is 29.1 Å². The van der Waals surface area contributed by atoms with E-state index in [0.29, 0.717) is 17.9 Å². The molecule has 1 N–H and O–H groups in total. The molecule has 1 saturated heterocycles. The molecule has 5 heteroatoms. The molecule has 3 rings (SSSR count). The summed E-state index contributed by atoms with van der Waals surface area (Å²) < 4.78 is 0. The first-order chi connectivity index (χ1) is 10.5. The zero-order valence-electron chi connectivity index (χ0n) is 13.5. The van der Waals surface area contributed by atoms with Crippen LogP contribution in [0.1, 0.15) is 32.8 Å². The first-order valence-electron chi connectivity index (χ1n) is 7.77. The number of rotatable bonds is 3. The Morgan fingerprint density at radius 2 is 2.05 bits per heavy atom. The lowest BCUT2D eigenvalue weighted by molar-refractivity contribution is -0.143. The largest absolute Gasteiger partial charge is 0.358 e. The van der Waals surface area contributed by atoms with E-state index in [9.17, 15) is 4.79 Å². The van der Waals surface area contributed by atoms with Crippen LogP contribution in [-0.4, -0.2) is 38.9 Å². The summed E-state index contributed by atoms with van der Waals surface area (Å²) in [5, 5.41) is 4.19. The number of aromatic nitrogens is 2. The van der Waals surface area contributed by atoms with Gasteiger partial charge in [0.05, 0.1) is 5.52 Å². The van der Waals surface area contributed by atoms with Gasteiger partial charge in [0.2, 0.25) is 5.91 Å². The van der Waals surface area contributed by atoms with Gasteiger partial charge in [0.25, 0.3) is 0 Å². The number of amides is 1. The van der Waals surface area contributed by atoms with Crippen molar-refractivity contribution in [2.24, 2.45) is 0 Å². The Hall–Kier alpha value is -2.17. The molecule has 2 heterocycles. The van der Waals surface area contributed by atoms with Gasteiger partial charge < -0.3 is 10.2 Å². The number of aryl methyl sites for hydroxylation is 1. The Morgan fingerprint density at radius 1 is 1.32 bits per heavy atom. The molecule has 0 unspecified atom stereocenters. The molecule has 3 atom stereocenters. The number of benzene rings is 1. The second-order valence-electron chi connectivity index (χ2n) is 6.29. The summed E-state index contributed by atoms with van der Waals surface area (Å²) in [5.41, 5.74) is 2.05. The van der Waals surface area contributed by atoms with Gasteiger partial charge in [-0.2, -0.15) is 0 Å². The maximum Gasteiger partial charge on any atom is 0.245 e. The van der Waals surface area contributed by atoms with Gasteiger partial charge in [0, 0.05) is 17.5 Å². The number of nitrogens with one attached hydrogen (secondary N) is 1. The van der Waals surface area contributed by atoms with Crippen LogP contribution in [0.5, 0.6) is 0 Å². The van der Waals surface area contributed by atoms with E-state index in [-0.39, 0.29) is 11.9 Å². The summed E-state index contributed by atoms with van der Waals surface area (Å²) in [6.07, 6.45) is 2.62. The van der Waals surface area contributed by atoms with Crippen LogP contribution in [-0.2, 0) is 4.79 Å². The minimum Gasteiger partial charge on any atom is -0.358 e. The number of fused-ring (bicyclic) bond motifs is 1. The lowest BCUT2D eigenvalue weighted by Crippen LogP contribution is -2.59. The first-order valence-corrected chi connectivity index (χ1v) is 7.77. The minimum absolute atomic E-state index is 0.130. The van der Waals surface area contributed by atoms with E-state index >= 15 is 0 Å². The maximum absolute atomic E-state index is 12.6. The van der Waals surface area contributed by atoms with Gasteiger partial charge in [-0.15, -0.1) is 0 Å². The molecule has 1 aliphatic heterocycles. The molecule has 5 nitrogen and oxygen atoms in total. The van der Waals surface area contributed by atoms with E-state index in [4.69, 9.17) is 0 Å². The fourth-order valence-electron chi connectivity index (χ4n) is 3.22. The van der Waals surface area contributed by atoms with Gasteiger partial charge in [-0.05, 0) is 51.8 Å². The van der Waals surface area contributed by atoms with Crippen LogP contribution in [0.4, 0.5) is 5.82 Å². The van der Waals surface area contributed by atoms with Crippen molar-refractivity contribution in [3.63, 3.8) is 0 Å². The summed E-state index contributed by atoms with van der Waals surface area (Å²) in [5.74, 6) is 0.844. The van der Waals surface area contributed by atoms with Crippen LogP contribution in [0.3, 0.4) is 0 Å². The third-order valence-electron chi connectivity index (χ3n) is 4.40. The molecule has 0 aliphatic carbocycles. The molecule has 1 amide bonds. The molecular weight excluding hydrogens is 276 g/mol. The van der Waals surface area contributed by atoms with Crippen molar-refractivity contribution in [2.45, 2.75) is 52.2 Å². The second-order valence-corrected chi connectivity index (χ2v) is 6.29. The molecule has 2 aromatic rings. The molecule has 22 heavy (non-hydrogen) atoms. The summed E-state index contributed by atoms with van der Waals surface area (Å²) in [6, 6.07) is 6.41. The molecular formula is C17H22N4O. The van der Waals surface area contributed by atoms with Crippen LogP contribution in [0, 0.1) is 6.92 Å². The van der Waals surface area contributed by atoms with E-state index < -0.39 is 0 Å². The van der Waals surface area contributed by atoms with Crippen molar-refractivity contribution in [1.82, 2.24) is 14.9 Å². The van der Waals surface area contributed by atoms with Crippen molar-refractivity contribution in [1.29, 1.82) is 0 Å². The quantitative estimate of drug-likeness (QED) is 0.946. The van der Waals surface area contributed by atoms with Crippen molar-refractivity contribution < 1.29 is 4.79 Å². The highest BCUT2D eigenvalue weighted by Crippen LogP contribution is 2.27. The molecule has 116 valence electrons. The van der Waals surface area contributed by atoms with Gasteiger partial charge >= 0.3 is 0 Å². The molecule has 1 fully saturated rings.